The second-order valence-electron chi connectivity index (χ2n) is 11.3. The van der Waals surface area contributed by atoms with E-state index in [2.05, 4.69) is 40.4 Å². The molecule has 1 saturated heterocycles. The SMILES string of the molecule is C=CCO[C@@H]1[C@H]2OC(C)O[C@@H]1[C@H](OCCCCO[Si](C)(C)C(C)(C)C)[C@H](O)[C@H]2OCc1ccccc1. The zero-order valence-corrected chi connectivity index (χ0v) is 23.9. The molecule has 1 heterocycles. The lowest BCUT2D eigenvalue weighted by Gasteiger charge is -2.52. The van der Waals surface area contributed by atoms with Gasteiger partial charge in [0.2, 0.25) is 0 Å². The predicted octanol–water partition coefficient (Wildman–Crippen LogP) is 4.83. The molecule has 36 heavy (non-hydrogen) atoms. The summed E-state index contributed by atoms with van der Waals surface area (Å²) in [5.74, 6) is 0. The van der Waals surface area contributed by atoms with Gasteiger partial charge in [-0.1, -0.05) is 57.2 Å². The third-order valence-corrected chi connectivity index (χ3v) is 12.0. The van der Waals surface area contributed by atoms with Crippen LogP contribution in [0.5, 0.6) is 0 Å². The lowest BCUT2D eigenvalue weighted by molar-refractivity contribution is -0.362. The Morgan fingerprint density at radius 3 is 2.17 bits per heavy atom. The quantitative estimate of drug-likeness (QED) is 0.226. The Bertz CT molecular complexity index is 797. The van der Waals surface area contributed by atoms with Gasteiger partial charge < -0.3 is 33.2 Å². The summed E-state index contributed by atoms with van der Waals surface area (Å²) < 4.78 is 37.0. The van der Waals surface area contributed by atoms with Gasteiger partial charge in [-0.2, -0.15) is 0 Å². The van der Waals surface area contributed by atoms with Gasteiger partial charge in [0, 0.05) is 13.2 Å². The molecule has 0 aromatic heterocycles. The summed E-state index contributed by atoms with van der Waals surface area (Å²) in [4.78, 5) is 0. The molecular weight excluding hydrogens is 476 g/mol. The first kappa shape index (κ1) is 29.5. The molecule has 2 bridgehead atoms. The fraction of sp³-hybridized carbons (Fsp3) is 0.714. The molecule has 0 amide bonds. The lowest BCUT2D eigenvalue weighted by atomic mass is 9.83. The maximum absolute atomic E-state index is 11.3. The fourth-order valence-electron chi connectivity index (χ4n) is 4.41. The number of rotatable bonds is 13. The minimum atomic E-state index is -1.76. The topological polar surface area (TPSA) is 75.6 Å². The normalized spacial score (nSPS) is 30.8. The average molecular weight is 523 g/mol. The van der Waals surface area contributed by atoms with E-state index in [4.69, 9.17) is 28.1 Å². The maximum atomic E-state index is 11.3. The summed E-state index contributed by atoms with van der Waals surface area (Å²) in [5, 5.41) is 11.5. The van der Waals surface area contributed by atoms with Crippen LogP contribution in [0, 0.1) is 0 Å². The monoisotopic (exact) mass is 522 g/mol. The molecule has 8 heteroatoms. The van der Waals surface area contributed by atoms with E-state index >= 15 is 0 Å². The number of benzene rings is 1. The number of aliphatic hydroxyl groups excluding tert-OH is 1. The first-order valence-electron chi connectivity index (χ1n) is 13.2. The van der Waals surface area contributed by atoms with Gasteiger partial charge in [-0.15, -0.1) is 6.58 Å². The first-order chi connectivity index (χ1) is 17.0. The van der Waals surface area contributed by atoms with E-state index in [-0.39, 0.29) is 5.04 Å². The first-order valence-corrected chi connectivity index (χ1v) is 16.1. The van der Waals surface area contributed by atoms with E-state index < -0.39 is 51.2 Å². The molecule has 7 nitrogen and oxygen atoms in total. The third kappa shape index (κ3) is 7.48. The van der Waals surface area contributed by atoms with E-state index in [9.17, 15) is 5.11 Å². The van der Waals surface area contributed by atoms with E-state index in [0.717, 1.165) is 18.4 Å². The van der Waals surface area contributed by atoms with Crippen molar-refractivity contribution in [3.05, 3.63) is 48.6 Å². The zero-order valence-electron chi connectivity index (χ0n) is 22.9. The van der Waals surface area contributed by atoms with Crippen LogP contribution in [0.15, 0.2) is 43.0 Å². The average Bonchev–Trinajstić information content (AvgIpc) is 2.82. The van der Waals surface area contributed by atoms with Gasteiger partial charge in [0.05, 0.1) is 13.2 Å². The van der Waals surface area contributed by atoms with Gasteiger partial charge in [0.25, 0.3) is 0 Å². The summed E-state index contributed by atoms with van der Waals surface area (Å²) in [6.07, 6.45) is -0.534. The van der Waals surface area contributed by atoms with E-state index in [1.54, 1.807) is 6.08 Å². The summed E-state index contributed by atoms with van der Waals surface area (Å²) in [6.45, 7) is 18.8. The minimum Gasteiger partial charge on any atom is -0.417 e. The van der Waals surface area contributed by atoms with E-state index in [0.29, 0.717) is 26.4 Å². The van der Waals surface area contributed by atoms with Crippen LogP contribution < -0.4 is 0 Å². The van der Waals surface area contributed by atoms with Crippen molar-refractivity contribution in [2.45, 2.75) is 108 Å². The van der Waals surface area contributed by atoms with Crippen LogP contribution in [-0.2, 0) is 34.7 Å². The van der Waals surface area contributed by atoms with Crippen molar-refractivity contribution in [2.24, 2.45) is 0 Å². The Hall–Kier alpha value is -1.10. The highest BCUT2D eigenvalue weighted by Crippen LogP contribution is 2.38. The summed E-state index contributed by atoms with van der Waals surface area (Å²) in [6, 6.07) is 9.90. The van der Waals surface area contributed by atoms with Crippen LogP contribution in [0.3, 0.4) is 0 Å². The van der Waals surface area contributed by atoms with Crippen LogP contribution in [0.1, 0.15) is 46.1 Å². The molecular formula is C28H46O7Si. The number of unbranched alkanes of at least 4 members (excludes halogenated alkanes) is 1. The van der Waals surface area contributed by atoms with Crippen molar-refractivity contribution in [1.82, 2.24) is 0 Å². The Morgan fingerprint density at radius 2 is 1.56 bits per heavy atom. The Balaban J connectivity index is 1.63. The van der Waals surface area contributed by atoms with Gasteiger partial charge in [-0.3, -0.25) is 0 Å². The highest BCUT2D eigenvalue weighted by Gasteiger charge is 2.57. The molecule has 1 saturated carbocycles. The van der Waals surface area contributed by atoms with E-state index in [1.165, 1.54) is 0 Å². The summed E-state index contributed by atoms with van der Waals surface area (Å²) in [5.41, 5.74) is 1.02. The van der Waals surface area contributed by atoms with Crippen LogP contribution >= 0.6 is 0 Å². The van der Waals surface area contributed by atoms with Gasteiger partial charge in [0.1, 0.15) is 36.6 Å². The van der Waals surface area contributed by atoms with Gasteiger partial charge in [-0.05, 0) is 43.5 Å². The standard InChI is InChI=1S/C28H46O7Si/c1-8-16-30-25-26-23(31-17-12-13-18-33-36(6,7)28(3,4)5)22(29)24(27(25)35-20(2)34-26)32-19-21-14-10-9-11-15-21/h8-11,14-15,20,22-27,29H,1,12-13,16-19H2,2-7H3/t20?,22-,23+,24+,25-,26+,27-/m0/s1. The van der Waals surface area contributed by atoms with Crippen molar-refractivity contribution in [3.63, 3.8) is 0 Å². The van der Waals surface area contributed by atoms with Crippen molar-refractivity contribution in [3.8, 4) is 0 Å². The molecule has 1 aliphatic heterocycles. The molecule has 0 radical (unpaired) electrons. The molecule has 1 aliphatic carbocycles. The van der Waals surface area contributed by atoms with Crippen LogP contribution in [0.4, 0.5) is 0 Å². The molecule has 2 fully saturated rings. The lowest BCUT2D eigenvalue weighted by Crippen LogP contribution is -2.70. The van der Waals surface area contributed by atoms with Gasteiger partial charge in [0.15, 0.2) is 14.6 Å². The van der Waals surface area contributed by atoms with Crippen LogP contribution in [0.2, 0.25) is 18.1 Å². The largest absolute Gasteiger partial charge is 0.417 e. The predicted molar refractivity (Wildman–Crippen MR) is 142 cm³/mol. The molecule has 1 aromatic rings. The summed E-state index contributed by atoms with van der Waals surface area (Å²) in [7, 11) is -1.76. The smallest absolute Gasteiger partial charge is 0.191 e. The number of ether oxygens (including phenoxy) is 5. The van der Waals surface area contributed by atoms with Gasteiger partial charge in [-0.25, -0.2) is 0 Å². The van der Waals surface area contributed by atoms with Crippen molar-refractivity contribution in [1.29, 1.82) is 0 Å². The Kier molecular flexibility index (Phi) is 10.7. The summed E-state index contributed by atoms with van der Waals surface area (Å²) >= 11 is 0. The van der Waals surface area contributed by atoms with E-state index in [1.807, 2.05) is 37.3 Å². The molecule has 0 spiro atoms. The second-order valence-corrected chi connectivity index (χ2v) is 16.1. The third-order valence-electron chi connectivity index (χ3n) is 7.48. The van der Waals surface area contributed by atoms with Gasteiger partial charge >= 0.3 is 0 Å². The second kappa shape index (κ2) is 13.1. The molecule has 3 rings (SSSR count). The fourth-order valence-corrected chi connectivity index (χ4v) is 5.50. The highest BCUT2D eigenvalue weighted by molar-refractivity contribution is 6.74. The van der Waals surface area contributed by atoms with Crippen molar-refractivity contribution >= 4 is 8.32 Å². The number of hydrogen-bond acceptors (Lipinski definition) is 7. The molecule has 204 valence electrons. The van der Waals surface area contributed by atoms with Crippen molar-refractivity contribution in [2.75, 3.05) is 19.8 Å². The number of hydrogen-bond donors (Lipinski definition) is 1. The molecule has 1 N–H and O–H groups in total. The molecule has 1 unspecified atom stereocenters. The minimum absolute atomic E-state index is 0.193. The number of fused-ring (bicyclic) bond motifs is 2. The molecule has 2 aliphatic rings. The molecule has 7 atom stereocenters. The zero-order chi connectivity index (χ0) is 26.3. The van der Waals surface area contributed by atoms with Crippen LogP contribution in [-0.4, -0.2) is 76.2 Å². The Morgan fingerprint density at radius 1 is 0.944 bits per heavy atom. The Labute approximate surface area is 218 Å². The van der Waals surface area contributed by atoms with Crippen LogP contribution in [0.25, 0.3) is 0 Å². The molecule has 1 aromatic carbocycles. The maximum Gasteiger partial charge on any atom is 0.191 e. The highest BCUT2D eigenvalue weighted by atomic mass is 28.4. The number of aliphatic hydroxyl groups is 1. The van der Waals surface area contributed by atoms with Crippen molar-refractivity contribution < 1.29 is 33.2 Å².